The first kappa shape index (κ1) is 14.6. The molecular weight excluding hydrogens is 266 g/mol. The summed E-state index contributed by atoms with van der Waals surface area (Å²) in [7, 11) is 0. The van der Waals surface area contributed by atoms with Gasteiger partial charge in [0.2, 0.25) is 0 Å². The normalized spacial score (nSPS) is 9.84. The molecule has 0 spiro atoms. The van der Waals surface area contributed by atoms with Crippen LogP contribution in [0, 0.1) is 22.7 Å². The predicted octanol–water partition coefficient (Wildman–Crippen LogP) is 2.29. The molecule has 0 aliphatic carbocycles. The summed E-state index contributed by atoms with van der Waals surface area (Å²) in [5.74, 6) is -1.05. The molecule has 0 amide bonds. The van der Waals surface area contributed by atoms with Gasteiger partial charge in [-0.05, 0) is 23.8 Å². The van der Waals surface area contributed by atoms with E-state index in [9.17, 15) is 4.79 Å². The number of hydrogen-bond donors (Lipinski definition) is 1. The van der Waals surface area contributed by atoms with Gasteiger partial charge < -0.3 is 10.0 Å². The number of nitrogens with zero attached hydrogens (tertiary/aromatic N) is 3. The van der Waals surface area contributed by atoms with E-state index in [0.29, 0.717) is 16.3 Å². The van der Waals surface area contributed by atoms with E-state index in [1.807, 2.05) is 12.1 Å². The summed E-state index contributed by atoms with van der Waals surface area (Å²) in [6.45, 7) is 0.106. The number of aliphatic carboxylic acids is 1. The van der Waals surface area contributed by atoms with E-state index in [2.05, 4.69) is 0 Å². The highest BCUT2D eigenvalue weighted by Gasteiger charge is 2.09. The highest BCUT2D eigenvalue weighted by Crippen LogP contribution is 2.27. The number of rotatable bonds is 5. The first-order chi connectivity index (χ1) is 9.08. The monoisotopic (exact) mass is 275 g/mol. The number of hydrogen-bond acceptors (Lipinski definition) is 4. The molecule has 1 aromatic carbocycles. The molecule has 19 heavy (non-hydrogen) atoms. The standard InChI is InChI=1S/C13H10ClN3O2/c14-11-9-10(2-4-13(18)19)1-3-12(11)17(7-5-15)8-6-16/h1-4,9H,7-8H2,(H,18,19)/b4-2+. The number of anilines is 1. The van der Waals surface area contributed by atoms with E-state index in [1.165, 1.54) is 11.0 Å². The van der Waals surface area contributed by atoms with Crippen LogP contribution < -0.4 is 4.90 Å². The maximum atomic E-state index is 10.4. The summed E-state index contributed by atoms with van der Waals surface area (Å²) in [6.07, 6.45) is 2.42. The molecular formula is C13H10ClN3O2. The lowest BCUT2D eigenvalue weighted by atomic mass is 10.1. The Morgan fingerprint density at radius 2 is 2.00 bits per heavy atom. The van der Waals surface area contributed by atoms with Crippen molar-refractivity contribution in [1.29, 1.82) is 10.5 Å². The van der Waals surface area contributed by atoms with Gasteiger partial charge in [0.1, 0.15) is 13.1 Å². The molecule has 96 valence electrons. The molecule has 6 heteroatoms. The van der Waals surface area contributed by atoms with Crippen molar-refractivity contribution in [2.45, 2.75) is 0 Å². The number of carbonyl (C=O) groups is 1. The zero-order valence-corrected chi connectivity index (χ0v) is 10.6. The second-order valence-corrected chi connectivity index (χ2v) is 3.96. The van der Waals surface area contributed by atoms with Gasteiger partial charge in [0, 0.05) is 6.08 Å². The Bertz CT molecular complexity index is 569. The number of carboxylic acids is 1. The minimum atomic E-state index is -1.05. The molecule has 0 aliphatic heterocycles. The lowest BCUT2D eigenvalue weighted by molar-refractivity contribution is -0.131. The summed E-state index contributed by atoms with van der Waals surface area (Å²) in [4.78, 5) is 11.9. The number of carboxylic acid groups (broad SMARTS) is 1. The Labute approximate surface area is 115 Å². The van der Waals surface area contributed by atoms with Crippen LogP contribution in [0.15, 0.2) is 24.3 Å². The zero-order chi connectivity index (χ0) is 14.3. The summed E-state index contributed by atoms with van der Waals surface area (Å²) < 4.78 is 0. The van der Waals surface area contributed by atoms with Gasteiger partial charge in [-0.3, -0.25) is 0 Å². The van der Waals surface area contributed by atoms with Crippen LogP contribution in [-0.4, -0.2) is 24.2 Å². The van der Waals surface area contributed by atoms with E-state index in [1.54, 1.807) is 18.2 Å². The van der Waals surface area contributed by atoms with Crippen LogP contribution in [0.4, 0.5) is 5.69 Å². The van der Waals surface area contributed by atoms with E-state index in [-0.39, 0.29) is 13.1 Å². The summed E-state index contributed by atoms with van der Waals surface area (Å²) in [5.41, 5.74) is 1.20. The maximum absolute atomic E-state index is 10.4. The Kier molecular flexibility index (Phi) is 5.40. The van der Waals surface area contributed by atoms with Crippen LogP contribution in [0.2, 0.25) is 5.02 Å². The van der Waals surface area contributed by atoms with Crippen molar-refractivity contribution >= 4 is 29.3 Å². The lowest BCUT2D eigenvalue weighted by Crippen LogP contribution is -2.24. The quantitative estimate of drug-likeness (QED) is 0.658. The molecule has 0 saturated carbocycles. The van der Waals surface area contributed by atoms with Crippen molar-refractivity contribution in [1.82, 2.24) is 0 Å². The van der Waals surface area contributed by atoms with Gasteiger partial charge in [0.05, 0.1) is 22.8 Å². The van der Waals surface area contributed by atoms with Gasteiger partial charge >= 0.3 is 5.97 Å². The molecule has 1 rings (SSSR count). The third kappa shape index (κ3) is 4.34. The highest BCUT2D eigenvalue weighted by molar-refractivity contribution is 6.33. The Hall–Kier alpha value is -2.50. The lowest BCUT2D eigenvalue weighted by Gasteiger charge is -2.19. The van der Waals surface area contributed by atoms with Crippen molar-refractivity contribution < 1.29 is 9.90 Å². The minimum Gasteiger partial charge on any atom is -0.478 e. The van der Waals surface area contributed by atoms with E-state index in [4.69, 9.17) is 27.2 Å². The Morgan fingerprint density at radius 3 is 2.47 bits per heavy atom. The molecule has 0 atom stereocenters. The average molecular weight is 276 g/mol. The molecule has 0 bridgehead atoms. The van der Waals surface area contributed by atoms with Crippen LogP contribution in [0.1, 0.15) is 5.56 Å². The molecule has 0 saturated heterocycles. The van der Waals surface area contributed by atoms with Crippen LogP contribution in [-0.2, 0) is 4.79 Å². The molecule has 5 nitrogen and oxygen atoms in total. The van der Waals surface area contributed by atoms with Gasteiger partial charge in [0.25, 0.3) is 0 Å². The minimum absolute atomic E-state index is 0.0532. The SMILES string of the molecule is N#CCN(CC#N)c1ccc(/C=C/C(=O)O)cc1Cl. The summed E-state index contributed by atoms with van der Waals surface area (Å²) in [5, 5.41) is 26.3. The molecule has 0 radical (unpaired) electrons. The van der Waals surface area contributed by atoms with Crippen LogP contribution in [0.3, 0.4) is 0 Å². The van der Waals surface area contributed by atoms with Crippen molar-refractivity contribution in [3.05, 3.63) is 34.9 Å². The van der Waals surface area contributed by atoms with Gasteiger partial charge in [-0.1, -0.05) is 17.7 Å². The van der Waals surface area contributed by atoms with Crippen LogP contribution in [0.25, 0.3) is 6.08 Å². The van der Waals surface area contributed by atoms with Gasteiger partial charge in [-0.15, -0.1) is 0 Å². The van der Waals surface area contributed by atoms with Crippen LogP contribution >= 0.6 is 11.6 Å². The number of nitriles is 2. The predicted molar refractivity (Wildman–Crippen MR) is 71.6 cm³/mol. The smallest absolute Gasteiger partial charge is 0.328 e. The van der Waals surface area contributed by atoms with Crippen molar-refractivity contribution in [2.75, 3.05) is 18.0 Å². The van der Waals surface area contributed by atoms with Crippen LogP contribution in [0.5, 0.6) is 0 Å². The first-order valence-corrected chi connectivity index (χ1v) is 5.65. The topological polar surface area (TPSA) is 88.1 Å². The number of benzene rings is 1. The number of halogens is 1. The van der Waals surface area contributed by atoms with E-state index < -0.39 is 5.97 Å². The fraction of sp³-hybridized carbons (Fsp3) is 0.154. The third-order valence-electron chi connectivity index (χ3n) is 2.25. The highest BCUT2D eigenvalue weighted by atomic mass is 35.5. The van der Waals surface area contributed by atoms with Crippen molar-refractivity contribution in [2.24, 2.45) is 0 Å². The van der Waals surface area contributed by atoms with Crippen molar-refractivity contribution in [3.63, 3.8) is 0 Å². The second-order valence-electron chi connectivity index (χ2n) is 3.55. The zero-order valence-electron chi connectivity index (χ0n) is 9.88. The fourth-order valence-corrected chi connectivity index (χ4v) is 1.76. The Morgan fingerprint density at radius 1 is 1.37 bits per heavy atom. The molecule has 0 heterocycles. The molecule has 0 aliphatic rings. The Balaban J connectivity index is 3.02. The second kappa shape index (κ2) is 7.05. The summed E-state index contributed by atoms with van der Waals surface area (Å²) in [6, 6.07) is 8.82. The van der Waals surface area contributed by atoms with Gasteiger partial charge in [0.15, 0.2) is 0 Å². The molecule has 0 fully saturated rings. The third-order valence-corrected chi connectivity index (χ3v) is 2.56. The van der Waals surface area contributed by atoms with Crippen molar-refractivity contribution in [3.8, 4) is 12.1 Å². The summed E-state index contributed by atoms with van der Waals surface area (Å²) >= 11 is 6.07. The average Bonchev–Trinajstić information content (AvgIpc) is 2.36. The molecule has 0 unspecified atom stereocenters. The fourth-order valence-electron chi connectivity index (χ4n) is 1.45. The first-order valence-electron chi connectivity index (χ1n) is 5.28. The van der Waals surface area contributed by atoms with Gasteiger partial charge in [-0.2, -0.15) is 10.5 Å². The molecule has 0 aromatic heterocycles. The molecule has 1 aromatic rings. The molecule has 1 N–H and O–H groups in total. The largest absolute Gasteiger partial charge is 0.478 e. The van der Waals surface area contributed by atoms with Gasteiger partial charge in [-0.25, -0.2) is 4.79 Å². The van der Waals surface area contributed by atoms with E-state index in [0.717, 1.165) is 6.08 Å². The maximum Gasteiger partial charge on any atom is 0.328 e. The van der Waals surface area contributed by atoms with E-state index >= 15 is 0 Å².